The number of anilines is 2. The SMILES string of the molecule is COc1cc(F)c(F)c(F)c1C(=O)c1cnc(NC2CCN(S(=O)(=O)C=O)CC2)nc1N. The van der Waals surface area contributed by atoms with Crippen LogP contribution in [0, 0.1) is 17.5 Å². The lowest BCUT2D eigenvalue weighted by atomic mass is 10.0. The number of methoxy groups -OCH3 is 1. The van der Waals surface area contributed by atoms with Crippen LogP contribution in [0.25, 0.3) is 0 Å². The van der Waals surface area contributed by atoms with Crippen LogP contribution in [0.5, 0.6) is 5.75 Å². The van der Waals surface area contributed by atoms with Crippen molar-refractivity contribution in [2.24, 2.45) is 0 Å². The normalized spacial score (nSPS) is 15.4. The molecule has 2 aromatic rings. The summed E-state index contributed by atoms with van der Waals surface area (Å²) in [6, 6.07) is 0.299. The van der Waals surface area contributed by atoms with Gasteiger partial charge in [-0.1, -0.05) is 0 Å². The van der Waals surface area contributed by atoms with Gasteiger partial charge in [-0.05, 0) is 12.8 Å². The summed E-state index contributed by atoms with van der Waals surface area (Å²) < 4.78 is 70.3. The molecule has 1 aromatic heterocycles. The third-order valence-corrected chi connectivity index (χ3v) is 6.23. The van der Waals surface area contributed by atoms with E-state index in [1.54, 1.807) is 0 Å². The Hall–Kier alpha value is -3.26. The number of hydrogen-bond acceptors (Lipinski definition) is 9. The van der Waals surface area contributed by atoms with E-state index in [-0.39, 0.29) is 42.1 Å². The second kappa shape index (κ2) is 9.08. The molecule has 0 amide bonds. The Bertz CT molecular complexity index is 1170. The van der Waals surface area contributed by atoms with Crippen LogP contribution in [0.15, 0.2) is 12.3 Å². The number of nitrogen functional groups attached to an aromatic ring is 1. The first-order valence-electron chi connectivity index (χ1n) is 9.19. The summed E-state index contributed by atoms with van der Waals surface area (Å²) in [5.41, 5.74) is 4.48. The second-order valence-electron chi connectivity index (χ2n) is 6.84. The third kappa shape index (κ3) is 4.50. The van der Waals surface area contributed by atoms with Gasteiger partial charge in [0.25, 0.3) is 10.0 Å². The molecule has 0 atom stereocenters. The van der Waals surface area contributed by atoms with Gasteiger partial charge >= 0.3 is 0 Å². The highest BCUT2D eigenvalue weighted by molar-refractivity contribution is 8.02. The van der Waals surface area contributed by atoms with Gasteiger partial charge in [0.2, 0.25) is 17.3 Å². The van der Waals surface area contributed by atoms with Crippen LogP contribution in [0.1, 0.15) is 28.8 Å². The van der Waals surface area contributed by atoms with E-state index in [1.807, 2.05) is 0 Å². The Morgan fingerprint density at radius 1 is 1.28 bits per heavy atom. The molecule has 1 aromatic carbocycles. The van der Waals surface area contributed by atoms with Crippen molar-refractivity contribution in [1.29, 1.82) is 0 Å². The standard InChI is InChI=1S/C18H18F3N5O5S/c1-31-12-6-11(19)14(20)15(21)13(12)16(28)10-7-23-18(25-17(10)22)24-9-2-4-26(5-3-9)32(29,30)8-27/h6-9H,2-5H2,1H3,(H3,22,23,24,25). The number of hydrogen-bond donors (Lipinski definition) is 2. The molecule has 0 unspecified atom stereocenters. The average molecular weight is 473 g/mol. The van der Waals surface area contributed by atoms with E-state index in [0.717, 1.165) is 17.6 Å². The predicted octanol–water partition coefficient (Wildman–Crippen LogP) is 1.11. The van der Waals surface area contributed by atoms with Crippen LogP contribution in [0.3, 0.4) is 0 Å². The minimum atomic E-state index is -3.94. The second-order valence-corrected chi connectivity index (χ2v) is 8.58. The number of nitrogens with one attached hydrogen (secondary N) is 1. The van der Waals surface area contributed by atoms with Gasteiger partial charge in [-0.15, -0.1) is 0 Å². The topological polar surface area (TPSA) is 145 Å². The number of piperidine rings is 1. The maximum absolute atomic E-state index is 14.2. The van der Waals surface area contributed by atoms with E-state index >= 15 is 0 Å². The molecule has 0 spiro atoms. The molecule has 0 radical (unpaired) electrons. The molecular formula is C18H18F3N5O5S. The number of rotatable bonds is 7. The lowest BCUT2D eigenvalue weighted by Crippen LogP contribution is -2.42. The zero-order valence-corrected chi connectivity index (χ0v) is 17.5. The smallest absolute Gasteiger partial charge is 0.273 e. The van der Waals surface area contributed by atoms with Gasteiger partial charge in [0.05, 0.1) is 12.7 Å². The lowest BCUT2D eigenvalue weighted by Gasteiger charge is -2.30. The first-order chi connectivity index (χ1) is 15.1. The molecule has 14 heteroatoms. The van der Waals surface area contributed by atoms with Crippen molar-refractivity contribution in [1.82, 2.24) is 14.3 Å². The monoisotopic (exact) mass is 473 g/mol. The average Bonchev–Trinajstić information content (AvgIpc) is 2.77. The fraction of sp³-hybridized carbons (Fsp3) is 0.333. The number of halogens is 3. The molecule has 0 bridgehead atoms. The van der Waals surface area contributed by atoms with Gasteiger partial charge in [-0.3, -0.25) is 9.59 Å². The number of benzene rings is 1. The highest BCUT2D eigenvalue weighted by Gasteiger charge is 2.29. The van der Waals surface area contributed by atoms with Crippen molar-refractivity contribution in [3.05, 3.63) is 40.8 Å². The fourth-order valence-electron chi connectivity index (χ4n) is 3.22. The van der Waals surface area contributed by atoms with Crippen molar-refractivity contribution in [3.8, 4) is 5.75 Å². The molecule has 2 heterocycles. The minimum Gasteiger partial charge on any atom is -0.496 e. The molecule has 1 fully saturated rings. The Kier molecular flexibility index (Phi) is 6.64. The summed E-state index contributed by atoms with van der Waals surface area (Å²) in [5, 5.41) is 2.94. The van der Waals surface area contributed by atoms with Crippen LogP contribution in [0.2, 0.25) is 0 Å². The van der Waals surface area contributed by atoms with E-state index in [9.17, 15) is 31.2 Å². The first kappa shape index (κ1) is 23.4. The number of aromatic nitrogens is 2. The number of carbonyl (C=O) groups is 2. The third-order valence-electron chi connectivity index (χ3n) is 4.90. The molecule has 1 saturated heterocycles. The summed E-state index contributed by atoms with van der Waals surface area (Å²) in [7, 11) is -2.88. The molecule has 0 aliphatic carbocycles. The van der Waals surface area contributed by atoms with E-state index in [4.69, 9.17) is 10.5 Å². The van der Waals surface area contributed by atoms with Crippen LogP contribution < -0.4 is 15.8 Å². The number of nitrogens with two attached hydrogens (primary N) is 1. The van der Waals surface area contributed by atoms with Crippen molar-refractivity contribution < 1.29 is 35.9 Å². The molecule has 3 N–H and O–H groups in total. The van der Waals surface area contributed by atoms with Crippen LogP contribution in [0.4, 0.5) is 24.9 Å². The molecule has 172 valence electrons. The summed E-state index contributed by atoms with van der Waals surface area (Å²) in [6.45, 7) is 0.222. The summed E-state index contributed by atoms with van der Waals surface area (Å²) in [4.78, 5) is 31.2. The van der Waals surface area contributed by atoms with Gasteiger partial charge in [-0.2, -0.15) is 9.29 Å². The molecule has 10 nitrogen and oxygen atoms in total. The lowest BCUT2D eigenvalue weighted by molar-refractivity contribution is 0.103. The fourth-order valence-corrected chi connectivity index (χ4v) is 4.06. The molecule has 32 heavy (non-hydrogen) atoms. The molecule has 3 rings (SSSR count). The van der Waals surface area contributed by atoms with Crippen molar-refractivity contribution in [2.45, 2.75) is 18.9 Å². The number of ketones is 1. The van der Waals surface area contributed by atoms with Gasteiger partial charge in [0.15, 0.2) is 17.5 Å². The summed E-state index contributed by atoms with van der Waals surface area (Å²) >= 11 is 0. The number of carbonyl (C=O) groups excluding carboxylic acids is 2. The Morgan fingerprint density at radius 2 is 1.94 bits per heavy atom. The van der Waals surface area contributed by atoms with Crippen LogP contribution in [-0.2, 0) is 14.8 Å². The first-order valence-corrected chi connectivity index (χ1v) is 10.7. The van der Waals surface area contributed by atoms with E-state index in [0.29, 0.717) is 18.9 Å². The van der Waals surface area contributed by atoms with Gasteiger partial charge in [-0.25, -0.2) is 26.6 Å². The van der Waals surface area contributed by atoms with Crippen LogP contribution in [-0.4, -0.2) is 60.3 Å². The summed E-state index contributed by atoms with van der Waals surface area (Å²) in [5.74, 6) is -7.04. The minimum absolute atomic E-state index is 0.0217. The van der Waals surface area contributed by atoms with E-state index in [1.165, 1.54) is 0 Å². The van der Waals surface area contributed by atoms with Gasteiger partial charge < -0.3 is 15.8 Å². The highest BCUT2D eigenvalue weighted by Crippen LogP contribution is 2.29. The molecule has 0 saturated carbocycles. The van der Waals surface area contributed by atoms with Crippen LogP contribution >= 0.6 is 0 Å². The maximum Gasteiger partial charge on any atom is 0.273 e. The van der Waals surface area contributed by atoms with Crippen molar-refractivity contribution in [2.75, 3.05) is 31.2 Å². The predicted molar refractivity (Wildman–Crippen MR) is 107 cm³/mol. The van der Waals surface area contributed by atoms with E-state index < -0.39 is 44.6 Å². The Morgan fingerprint density at radius 3 is 2.50 bits per heavy atom. The number of sulfonamides is 1. The molecule has 1 aliphatic rings. The van der Waals surface area contributed by atoms with E-state index in [2.05, 4.69) is 15.3 Å². The molecule has 1 aliphatic heterocycles. The van der Waals surface area contributed by atoms with Gasteiger partial charge in [0.1, 0.15) is 17.1 Å². The molecular weight excluding hydrogens is 455 g/mol. The van der Waals surface area contributed by atoms with Gasteiger partial charge in [0, 0.05) is 31.4 Å². The maximum atomic E-state index is 14.2. The number of nitrogens with zero attached hydrogens (tertiary/aromatic N) is 3. The largest absolute Gasteiger partial charge is 0.496 e. The zero-order valence-electron chi connectivity index (χ0n) is 16.6. The number of ether oxygens (including phenoxy) is 1. The Labute approximate surface area is 180 Å². The summed E-state index contributed by atoms with van der Waals surface area (Å²) in [6.07, 6.45) is 1.71. The van der Waals surface area contributed by atoms with Crippen molar-refractivity contribution in [3.63, 3.8) is 0 Å². The van der Waals surface area contributed by atoms with Crippen molar-refractivity contribution >= 4 is 33.2 Å². The highest BCUT2D eigenvalue weighted by atomic mass is 32.2. The zero-order chi connectivity index (χ0) is 23.6. The Balaban J connectivity index is 1.78. The quantitative estimate of drug-likeness (QED) is 0.343.